The van der Waals surface area contributed by atoms with Crippen LogP contribution in [-0.4, -0.2) is 21.2 Å². The quantitative estimate of drug-likeness (QED) is 0.432. The summed E-state index contributed by atoms with van der Waals surface area (Å²) in [5.74, 6) is 0. The number of aromatic amines is 1. The standard InChI is InChI=1S/C23H19N5O/c29-23(25-14-18-6-3-4-12-24-18)26-17-10-8-15(9-11-17)21-20-13-16-5-1-2-7-19(16)22(20)28-27-21/h1-12H,13-14H2,(H,27,28)(H2,25,26,29). The lowest BCUT2D eigenvalue weighted by molar-refractivity contribution is 0.251. The van der Waals surface area contributed by atoms with Crippen LogP contribution in [0.2, 0.25) is 0 Å². The second-order valence-corrected chi connectivity index (χ2v) is 6.97. The molecule has 0 bridgehead atoms. The molecule has 29 heavy (non-hydrogen) atoms. The number of rotatable bonds is 4. The summed E-state index contributed by atoms with van der Waals surface area (Å²) < 4.78 is 0. The summed E-state index contributed by atoms with van der Waals surface area (Å²) in [6.07, 6.45) is 2.59. The molecule has 1 aliphatic rings. The number of fused-ring (bicyclic) bond motifs is 3. The molecule has 0 aliphatic heterocycles. The topological polar surface area (TPSA) is 82.7 Å². The van der Waals surface area contributed by atoms with Gasteiger partial charge in [0.1, 0.15) is 0 Å². The molecule has 3 N–H and O–H groups in total. The van der Waals surface area contributed by atoms with E-state index in [2.05, 4.69) is 44.0 Å². The SMILES string of the molecule is O=C(NCc1ccccn1)Nc1ccc(-c2n[nH]c3c2Cc2ccccc2-3)cc1. The predicted molar refractivity (Wildman–Crippen MR) is 112 cm³/mol. The fraction of sp³-hybridized carbons (Fsp3) is 0.0870. The average Bonchev–Trinajstić information content (AvgIpc) is 3.33. The Kier molecular flexibility index (Phi) is 4.29. The van der Waals surface area contributed by atoms with E-state index < -0.39 is 0 Å². The van der Waals surface area contributed by atoms with Gasteiger partial charge in [0.2, 0.25) is 0 Å². The van der Waals surface area contributed by atoms with Crippen molar-refractivity contribution >= 4 is 11.7 Å². The fourth-order valence-electron chi connectivity index (χ4n) is 3.67. The molecule has 2 amide bonds. The molecule has 5 rings (SSSR count). The number of hydrogen-bond donors (Lipinski definition) is 3. The van der Waals surface area contributed by atoms with Gasteiger partial charge >= 0.3 is 6.03 Å². The van der Waals surface area contributed by atoms with Crippen molar-refractivity contribution in [3.05, 3.63) is 89.7 Å². The Labute approximate surface area is 168 Å². The van der Waals surface area contributed by atoms with Gasteiger partial charge in [-0.1, -0.05) is 42.5 Å². The molecular weight excluding hydrogens is 362 g/mol. The lowest BCUT2D eigenvalue weighted by Gasteiger charge is -2.08. The van der Waals surface area contributed by atoms with Crippen LogP contribution >= 0.6 is 0 Å². The molecule has 0 radical (unpaired) electrons. The summed E-state index contributed by atoms with van der Waals surface area (Å²) in [6.45, 7) is 0.380. The smallest absolute Gasteiger partial charge is 0.319 e. The Bertz CT molecular complexity index is 1170. The zero-order valence-electron chi connectivity index (χ0n) is 15.6. The summed E-state index contributed by atoms with van der Waals surface area (Å²) in [4.78, 5) is 16.3. The van der Waals surface area contributed by atoms with Crippen LogP contribution in [0.5, 0.6) is 0 Å². The molecule has 0 unspecified atom stereocenters. The molecule has 0 saturated heterocycles. The maximum absolute atomic E-state index is 12.1. The molecule has 6 nitrogen and oxygen atoms in total. The molecule has 0 atom stereocenters. The van der Waals surface area contributed by atoms with Gasteiger partial charge in [0.05, 0.1) is 23.6 Å². The van der Waals surface area contributed by atoms with Gasteiger partial charge in [-0.3, -0.25) is 10.1 Å². The molecule has 142 valence electrons. The van der Waals surface area contributed by atoms with E-state index in [4.69, 9.17) is 0 Å². The normalized spacial score (nSPS) is 11.6. The minimum atomic E-state index is -0.264. The first-order valence-electron chi connectivity index (χ1n) is 9.48. The zero-order valence-corrected chi connectivity index (χ0v) is 15.6. The fourth-order valence-corrected chi connectivity index (χ4v) is 3.67. The molecule has 0 saturated carbocycles. The highest BCUT2D eigenvalue weighted by Crippen LogP contribution is 2.39. The number of amides is 2. The highest BCUT2D eigenvalue weighted by atomic mass is 16.2. The van der Waals surface area contributed by atoms with Crippen molar-refractivity contribution in [2.45, 2.75) is 13.0 Å². The number of aromatic nitrogens is 3. The van der Waals surface area contributed by atoms with E-state index in [0.29, 0.717) is 6.54 Å². The van der Waals surface area contributed by atoms with Crippen LogP contribution in [0.1, 0.15) is 16.8 Å². The van der Waals surface area contributed by atoms with Crippen molar-refractivity contribution in [1.29, 1.82) is 0 Å². The number of benzene rings is 2. The first-order chi connectivity index (χ1) is 14.3. The number of anilines is 1. The van der Waals surface area contributed by atoms with Crippen molar-refractivity contribution < 1.29 is 4.79 Å². The van der Waals surface area contributed by atoms with E-state index in [1.165, 1.54) is 16.7 Å². The number of hydrogen-bond acceptors (Lipinski definition) is 3. The third kappa shape index (κ3) is 3.36. The first-order valence-corrected chi connectivity index (χ1v) is 9.48. The summed E-state index contributed by atoms with van der Waals surface area (Å²) in [7, 11) is 0. The predicted octanol–water partition coefficient (Wildman–Crippen LogP) is 4.36. The van der Waals surface area contributed by atoms with Crippen molar-refractivity contribution in [2.75, 3.05) is 5.32 Å². The lowest BCUT2D eigenvalue weighted by atomic mass is 10.1. The van der Waals surface area contributed by atoms with Crippen LogP contribution in [-0.2, 0) is 13.0 Å². The maximum Gasteiger partial charge on any atom is 0.319 e. The van der Waals surface area contributed by atoms with Gasteiger partial charge in [0, 0.05) is 35.0 Å². The van der Waals surface area contributed by atoms with Crippen molar-refractivity contribution in [3.63, 3.8) is 0 Å². The molecule has 0 fully saturated rings. The third-order valence-electron chi connectivity index (χ3n) is 5.09. The van der Waals surface area contributed by atoms with Crippen LogP contribution in [0.15, 0.2) is 72.9 Å². The van der Waals surface area contributed by atoms with Crippen molar-refractivity contribution in [3.8, 4) is 22.5 Å². The number of carbonyl (C=O) groups excluding carboxylic acids is 1. The molecule has 1 aliphatic carbocycles. The van der Waals surface area contributed by atoms with Gasteiger partial charge in [-0.15, -0.1) is 0 Å². The second kappa shape index (κ2) is 7.24. The van der Waals surface area contributed by atoms with E-state index in [1.807, 2.05) is 48.5 Å². The minimum absolute atomic E-state index is 0.264. The number of nitrogens with one attached hydrogen (secondary N) is 3. The number of pyridine rings is 1. The Morgan fingerprint density at radius 1 is 1.00 bits per heavy atom. The van der Waals surface area contributed by atoms with E-state index in [1.54, 1.807) is 6.20 Å². The zero-order chi connectivity index (χ0) is 19.6. The lowest BCUT2D eigenvalue weighted by Crippen LogP contribution is -2.28. The Hall–Kier alpha value is -3.93. The van der Waals surface area contributed by atoms with Gasteiger partial charge in [0.15, 0.2) is 0 Å². The number of carbonyl (C=O) groups is 1. The van der Waals surface area contributed by atoms with Gasteiger partial charge in [-0.2, -0.15) is 5.10 Å². The average molecular weight is 381 g/mol. The number of nitrogens with zero attached hydrogens (tertiary/aromatic N) is 2. The molecular formula is C23H19N5O. The number of H-pyrrole nitrogens is 1. The highest BCUT2D eigenvalue weighted by Gasteiger charge is 2.24. The summed E-state index contributed by atoms with van der Waals surface area (Å²) in [6, 6.07) is 21.5. The van der Waals surface area contributed by atoms with Gasteiger partial charge in [-0.05, 0) is 29.8 Å². The largest absolute Gasteiger partial charge is 0.332 e. The molecule has 0 spiro atoms. The van der Waals surface area contributed by atoms with Crippen LogP contribution in [0.3, 0.4) is 0 Å². The van der Waals surface area contributed by atoms with Crippen molar-refractivity contribution in [1.82, 2.24) is 20.5 Å². The van der Waals surface area contributed by atoms with Crippen molar-refractivity contribution in [2.24, 2.45) is 0 Å². The number of urea groups is 1. The Balaban J connectivity index is 1.27. The van der Waals surface area contributed by atoms with Crippen LogP contribution < -0.4 is 10.6 Å². The molecule has 6 heteroatoms. The van der Waals surface area contributed by atoms with Gasteiger partial charge in [0.25, 0.3) is 0 Å². The summed E-state index contributed by atoms with van der Waals surface area (Å²) in [5, 5.41) is 13.4. The molecule has 2 aromatic carbocycles. The van der Waals surface area contributed by atoms with Gasteiger partial charge in [-0.25, -0.2) is 4.79 Å². The molecule has 2 heterocycles. The third-order valence-corrected chi connectivity index (χ3v) is 5.09. The maximum atomic E-state index is 12.1. The van der Waals surface area contributed by atoms with E-state index in [0.717, 1.165) is 34.8 Å². The highest BCUT2D eigenvalue weighted by molar-refractivity contribution is 5.89. The van der Waals surface area contributed by atoms with E-state index in [9.17, 15) is 4.79 Å². The first kappa shape index (κ1) is 17.2. The molecule has 4 aromatic rings. The molecule has 2 aromatic heterocycles. The Morgan fingerprint density at radius 3 is 2.66 bits per heavy atom. The van der Waals surface area contributed by atoms with Crippen LogP contribution in [0.4, 0.5) is 10.5 Å². The van der Waals surface area contributed by atoms with E-state index in [-0.39, 0.29) is 6.03 Å². The van der Waals surface area contributed by atoms with Gasteiger partial charge < -0.3 is 10.6 Å². The summed E-state index contributed by atoms with van der Waals surface area (Å²) >= 11 is 0. The Morgan fingerprint density at radius 2 is 1.83 bits per heavy atom. The monoisotopic (exact) mass is 381 g/mol. The van der Waals surface area contributed by atoms with E-state index >= 15 is 0 Å². The minimum Gasteiger partial charge on any atom is -0.332 e. The van der Waals surface area contributed by atoms with Crippen LogP contribution in [0, 0.1) is 0 Å². The second-order valence-electron chi connectivity index (χ2n) is 6.97. The van der Waals surface area contributed by atoms with Crippen LogP contribution in [0.25, 0.3) is 22.5 Å². The summed E-state index contributed by atoms with van der Waals surface area (Å²) in [5.41, 5.74) is 8.39.